The molecule has 0 fully saturated rings. The molecule has 0 saturated heterocycles. The van der Waals surface area contributed by atoms with E-state index in [1.165, 1.54) is 0 Å². The van der Waals surface area contributed by atoms with Crippen molar-refractivity contribution in [2.75, 3.05) is 25.6 Å². The Morgan fingerprint density at radius 3 is 2.50 bits per heavy atom. The third-order valence-electron chi connectivity index (χ3n) is 3.00. The van der Waals surface area contributed by atoms with Crippen molar-refractivity contribution in [3.05, 3.63) is 24.3 Å². The van der Waals surface area contributed by atoms with Gasteiger partial charge in [0.05, 0.1) is 6.61 Å². The minimum absolute atomic E-state index is 0.0778. The third-order valence-corrected chi connectivity index (χ3v) is 3.00. The van der Waals surface area contributed by atoms with Gasteiger partial charge in [-0.3, -0.25) is 0 Å². The number of hydrogen-bond donors (Lipinski definition) is 2. The molecule has 0 saturated carbocycles. The molecule has 2 atom stereocenters. The average molecular weight is 252 g/mol. The van der Waals surface area contributed by atoms with E-state index in [2.05, 4.69) is 0 Å². The molecule has 1 rings (SSSR count). The van der Waals surface area contributed by atoms with Gasteiger partial charge in [-0.2, -0.15) is 0 Å². The molecule has 0 amide bonds. The maximum Gasteiger partial charge on any atom is 0.137 e. The number of aliphatic hydroxyl groups excluding tert-OH is 1. The van der Waals surface area contributed by atoms with Crippen LogP contribution in [-0.4, -0.2) is 38.0 Å². The number of ether oxygens (including phenoxy) is 1. The second kappa shape index (κ2) is 6.61. The lowest BCUT2D eigenvalue weighted by atomic mass is 10.00. The molecular weight excluding hydrogens is 228 g/mol. The summed E-state index contributed by atoms with van der Waals surface area (Å²) in [5, 5.41) is 9.37. The van der Waals surface area contributed by atoms with Gasteiger partial charge in [0.25, 0.3) is 0 Å². The first-order valence-electron chi connectivity index (χ1n) is 6.26. The highest BCUT2D eigenvalue weighted by atomic mass is 16.5. The summed E-state index contributed by atoms with van der Waals surface area (Å²) in [6.07, 6.45) is -0.373. The summed E-state index contributed by atoms with van der Waals surface area (Å²) in [5.74, 6) is 0.996. The Labute approximate surface area is 109 Å². The van der Waals surface area contributed by atoms with Crippen molar-refractivity contribution < 1.29 is 9.84 Å². The van der Waals surface area contributed by atoms with Gasteiger partial charge in [0, 0.05) is 31.9 Å². The summed E-state index contributed by atoms with van der Waals surface area (Å²) >= 11 is 0. The van der Waals surface area contributed by atoms with E-state index in [0.29, 0.717) is 0 Å². The van der Waals surface area contributed by atoms with E-state index >= 15 is 0 Å². The standard InChI is InChI=1S/C14H24N2O2/c1-10(2)14(15)13(9-17)18-12-7-5-6-11(8-12)16(3)4/h5-8,10,13-14,17H,9,15H2,1-4H3. The third kappa shape index (κ3) is 3.89. The van der Waals surface area contributed by atoms with Crippen LogP contribution in [0.2, 0.25) is 0 Å². The smallest absolute Gasteiger partial charge is 0.137 e. The molecule has 4 nitrogen and oxygen atoms in total. The van der Waals surface area contributed by atoms with Gasteiger partial charge in [0.15, 0.2) is 0 Å². The highest BCUT2D eigenvalue weighted by Crippen LogP contribution is 2.21. The lowest BCUT2D eigenvalue weighted by Gasteiger charge is -2.26. The van der Waals surface area contributed by atoms with Crippen LogP contribution in [0.3, 0.4) is 0 Å². The van der Waals surface area contributed by atoms with E-state index in [4.69, 9.17) is 10.5 Å². The Morgan fingerprint density at radius 2 is 2.00 bits per heavy atom. The molecule has 0 bridgehead atoms. The van der Waals surface area contributed by atoms with Crippen LogP contribution in [0.1, 0.15) is 13.8 Å². The Balaban J connectivity index is 2.78. The first-order valence-corrected chi connectivity index (χ1v) is 6.26. The van der Waals surface area contributed by atoms with Crippen molar-refractivity contribution in [1.29, 1.82) is 0 Å². The van der Waals surface area contributed by atoms with Gasteiger partial charge in [-0.15, -0.1) is 0 Å². The molecule has 0 heterocycles. The van der Waals surface area contributed by atoms with Crippen LogP contribution < -0.4 is 15.4 Å². The summed E-state index contributed by atoms with van der Waals surface area (Å²) in [4.78, 5) is 2.00. The van der Waals surface area contributed by atoms with Crippen molar-refractivity contribution in [3.8, 4) is 5.75 Å². The molecule has 18 heavy (non-hydrogen) atoms. The summed E-state index contributed by atoms with van der Waals surface area (Å²) in [6.45, 7) is 3.96. The fourth-order valence-corrected chi connectivity index (χ4v) is 1.68. The zero-order valence-corrected chi connectivity index (χ0v) is 11.6. The molecule has 0 aromatic heterocycles. The van der Waals surface area contributed by atoms with Crippen LogP contribution in [0, 0.1) is 5.92 Å². The predicted octanol–water partition coefficient (Wildman–Crippen LogP) is 1.48. The van der Waals surface area contributed by atoms with E-state index in [0.717, 1.165) is 11.4 Å². The SMILES string of the molecule is CC(C)C(N)C(CO)Oc1cccc(N(C)C)c1. The molecule has 0 aliphatic heterocycles. The highest BCUT2D eigenvalue weighted by molar-refractivity contribution is 5.49. The maximum atomic E-state index is 9.37. The molecule has 1 aromatic carbocycles. The molecule has 2 unspecified atom stereocenters. The van der Waals surface area contributed by atoms with E-state index in [1.807, 2.05) is 57.1 Å². The highest BCUT2D eigenvalue weighted by Gasteiger charge is 2.21. The van der Waals surface area contributed by atoms with Crippen LogP contribution in [0.25, 0.3) is 0 Å². The minimum atomic E-state index is -0.373. The largest absolute Gasteiger partial charge is 0.486 e. The molecule has 0 aliphatic rings. The van der Waals surface area contributed by atoms with Crippen molar-refractivity contribution in [2.24, 2.45) is 11.7 Å². The number of rotatable bonds is 6. The van der Waals surface area contributed by atoms with Crippen molar-refractivity contribution in [3.63, 3.8) is 0 Å². The van der Waals surface area contributed by atoms with Gasteiger partial charge < -0.3 is 20.5 Å². The average Bonchev–Trinajstić information content (AvgIpc) is 2.35. The summed E-state index contributed by atoms with van der Waals surface area (Å²) < 4.78 is 5.78. The second-order valence-corrected chi connectivity index (χ2v) is 5.05. The van der Waals surface area contributed by atoms with Crippen molar-refractivity contribution >= 4 is 5.69 Å². The molecule has 0 radical (unpaired) electrons. The molecule has 0 spiro atoms. The topological polar surface area (TPSA) is 58.7 Å². The van der Waals surface area contributed by atoms with Gasteiger partial charge in [0.1, 0.15) is 11.9 Å². The van der Waals surface area contributed by atoms with Gasteiger partial charge >= 0.3 is 0 Å². The number of benzene rings is 1. The Bertz CT molecular complexity index is 367. The quantitative estimate of drug-likeness (QED) is 0.805. The fraction of sp³-hybridized carbons (Fsp3) is 0.571. The second-order valence-electron chi connectivity index (χ2n) is 5.05. The van der Waals surface area contributed by atoms with Crippen LogP contribution in [0.15, 0.2) is 24.3 Å². The molecule has 4 heteroatoms. The molecule has 3 N–H and O–H groups in total. The molecule has 1 aromatic rings. The Kier molecular flexibility index (Phi) is 5.44. The number of aliphatic hydroxyl groups is 1. The van der Waals surface area contributed by atoms with E-state index in [1.54, 1.807) is 0 Å². The van der Waals surface area contributed by atoms with Crippen LogP contribution >= 0.6 is 0 Å². The van der Waals surface area contributed by atoms with Crippen LogP contribution in [0.4, 0.5) is 5.69 Å². The van der Waals surface area contributed by atoms with Gasteiger partial charge in [-0.1, -0.05) is 19.9 Å². The monoisotopic (exact) mass is 252 g/mol. The lowest BCUT2D eigenvalue weighted by molar-refractivity contribution is 0.0811. The van der Waals surface area contributed by atoms with Gasteiger partial charge in [-0.05, 0) is 18.1 Å². The van der Waals surface area contributed by atoms with E-state index < -0.39 is 0 Å². The van der Waals surface area contributed by atoms with Gasteiger partial charge in [0.2, 0.25) is 0 Å². The minimum Gasteiger partial charge on any atom is -0.486 e. The van der Waals surface area contributed by atoms with E-state index in [-0.39, 0.29) is 24.7 Å². The number of hydrogen-bond acceptors (Lipinski definition) is 4. The fourth-order valence-electron chi connectivity index (χ4n) is 1.68. The Morgan fingerprint density at radius 1 is 1.33 bits per heavy atom. The van der Waals surface area contributed by atoms with Gasteiger partial charge in [-0.25, -0.2) is 0 Å². The number of anilines is 1. The number of nitrogens with two attached hydrogens (primary N) is 1. The molecule has 0 aliphatic carbocycles. The lowest BCUT2D eigenvalue weighted by Crippen LogP contribution is -2.45. The van der Waals surface area contributed by atoms with Crippen molar-refractivity contribution in [1.82, 2.24) is 0 Å². The molecular formula is C14H24N2O2. The summed E-state index contributed by atoms with van der Waals surface area (Å²) in [6, 6.07) is 7.57. The maximum absolute atomic E-state index is 9.37. The first-order chi connectivity index (χ1) is 8.45. The van der Waals surface area contributed by atoms with Crippen molar-refractivity contribution in [2.45, 2.75) is 26.0 Å². The molecule has 102 valence electrons. The normalized spacial score (nSPS) is 14.4. The first kappa shape index (κ1) is 14.8. The van der Waals surface area contributed by atoms with Crippen LogP contribution in [-0.2, 0) is 0 Å². The Hall–Kier alpha value is -1.26. The summed E-state index contributed by atoms with van der Waals surface area (Å²) in [5.41, 5.74) is 7.08. The zero-order chi connectivity index (χ0) is 13.7. The van der Waals surface area contributed by atoms with Crippen LogP contribution in [0.5, 0.6) is 5.75 Å². The number of nitrogens with zero attached hydrogens (tertiary/aromatic N) is 1. The van der Waals surface area contributed by atoms with E-state index in [9.17, 15) is 5.11 Å². The zero-order valence-electron chi connectivity index (χ0n) is 11.6. The summed E-state index contributed by atoms with van der Waals surface area (Å²) in [7, 11) is 3.95. The predicted molar refractivity (Wildman–Crippen MR) is 75.1 cm³/mol.